The summed E-state index contributed by atoms with van der Waals surface area (Å²) < 4.78 is 5.64. The fourth-order valence-electron chi connectivity index (χ4n) is 1.77. The lowest BCUT2D eigenvalue weighted by Crippen LogP contribution is -1.92. The van der Waals surface area contributed by atoms with Gasteiger partial charge in [-0.1, -0.05) is 0 Å². The van der Waals surface area contributed by atoms with Crippen molar-refractivity contribution in [3.8, 4) is 22.1 Å². The van der Waals surface area contributed by atoms with Crippen molar-refractivity contribution in [1.29, 1.82) is 0 Å². The number of nitrogens with zero attached hydrogens (tertiary/aromatic N) is 4. The molecule has 22 heavy (non-hydrogen) atoms. The first-order chi connectivity index (χ1) is 10.6. The first-order valence-corrected chi connectivity index (χ1v) is 7.10. The minimum Gasteiger partial charge on any atom is -0.453 e. The maximum absolute atomic E-state index is 10.6. The molecule has 0 aliphatic rings. The van der Waals surface area contributed by atoms with Crippen molar-refractivity contribution < 1.29 is 9.66 Å². The summed E-state index contributed by atoms with van der Waals surface area (Å²) in [5.74, 6) is 0.776. The number of hydrogen-bond acceptors (Lipinski definition) is 7. The van der Waals surface area contributed by atoms with Crippen molar-refractivity contribution in [2.45, 2.75) is 6.92 Å². The van der Waals surface area contributed by atoms with Gasteiger partial charge >= 0.3 is 5.82 Å². The average molecular weight is 314 g/mol. The summed E-state index contributed by atoms with van der Waals surface area (Å²) in [7, 11) is 0. The SMILES string of the molecule is Cc1ncc(-c2cc(Oc3ccc([N+](=O)[O-])nc3)ccn2)s1. The first-order valence-electron chi connectivity index (χ1n) is 6.29. The Labute approximate surface area is 129 Å². The zero-order valence-corrected chi connectivity index (χ0v) is 12.3. The molecule has 110 valence electrons. The molecule has 3 heterocycles. The molecule has 3 rings (SSSR count). The van der Waals surface area contributed by atoms with E-state index in [-0.39, 0.29) is 5.82 Å². The van der Waals surface area contributed by atoms with Gasteiger partial charge in [0, 0.05) is 24.5 Å². The van der Waals surface area contributed by atoms with Gasteiger partial charge in [-0.15, -0.1) is 11.3 Å². The summed E-state index contributed by atoms with van der Waals surface area (Å²) in [6, 6.07) is 6.29. The van der Waals surface area contributed by atoms with Crippen LogP contribution in [0.5, 0.6) is 11.5 Å². The lowest BCUT2D eigenvalue weighted by atomic mass is 10.3. The highest BCUT2D eigenvalue weighted by molar-refractivity contribution is 7.15. The van der Waals surface area contributed by atoms with E-state index in [1.165, 1.54) is 18.3 Å². The zero-order chi connectivity index (χ0) is 15.5. The number of thiazole rings is 1. The molecule has 0 fully saturated rings. The Kier molecular flexibility index (Phi) is 3.75. The van der Waals surface area contributed by atoms with Crippen LogP contribution in [0.3, 0.4) is 0 Å². The van der Waals surface area contributed by atoms with Gasteiger partial charge in [0.15, 0.2) is 11.9 Å². The van der Waals surface area contributed by atoms with Gasteiger partial charge in [0.25, 0.3) is 0 Å². The van der Waals surface area contributed by atoms with Crippen LogP contribution in [0, 0.1) is 17.0 Å². The molecule has 0 spiro atoms. The van der Waals surface area contributed by atoms with Crippen LogP contribution in [0.15, 0.2) is 42.9 Å². The van der Waals surface area contributed by atoms with E-state index in [0.717, 1.165) is 15.6 Å². The number of nitro groups is 1. The highest BCUT2D eigenvalue weighted by Crippen LogP contribution is 2.28. The van der Waals surface area contributed by atoms with Gasteiger partial charge in [-0.25, -0.2) is 4.98 Å². The van der Waals surface area contributed by atoms with Gasteiger partial charge in [0.1, 0.15) is 5.75 Å². The highest BCUT2D eigenvalue weighted by atomic mass is 32.1. The van der Waals surface area contributed by atoms with Crippen molar-refractivity contribution in [3.05, 3.63) is 58.0 Å². The fraction of sp³-hybridized carbons (Fsp3) is 0.0714. The molecular formula is C14H10N4O3S. The van der Waals surface area contributed by atoms with Crippen LogP contribution >= 0.6 is 11.3 Å². The Morgan fingerprint density at radius 3 is 2.64 bits per heavy atom. The minimum atomic E-state index is -0.555. The number of hydrogen-bond donors (Lipinski definition) is 0. The molecule has 0 N–H and O–H groups in total. The van der Waals surface area contributed by atoms with Gasteiger partial charge in [0.05, 0.1) is 15.6 Å². The van der Waals surface area contributed by atoms with Crippen molar-refractivity contribution in [1.82, 2.24) is 15.0 Å². The Bertz CT molecular complexity index is 817. The Morgan fingerprint density at radius 1 is 1.14 bits per heavy atom. The Morgan fingerprint density at radius 2 is 2.00 bits per heavy atom. The third-order valence-electron chi connectivity index (χ3n) is 2.75. The molecule has 0 saturated heterocycles. The third kappa shape index (κ3) is 3.07. The molecule has 0 aromatic carbocycles. The van der Waals surface area contributed by atoms with E-state index in [9.17, 15) is 10.1 Å². The van der Waals surface area contributed by atoms with Gasteiger partial charge in [-0.3, -0.25) is 4.98 Å². The number of aryl methyl sites for hydroxylation is 1. The van der Waals surface area contributed by atoms with Crippen LogP contribution in [0.4, 0.5) is 5.82 Å². The lowest BCUT2D eigenvalue weighted by Gasteiger charge is -2.04. The maximum Gasteiger partial charge on any atom is 0.363 e. The van der Waals surface area contributed by atoms with Crippen LogP contribution < -0.4 is 4.74 Å². The second kappa shape index (κ2) is 5.86. The Balaban J connectivity index is 1.82. The molecule has 0 bridgehead atoms. The van der Waals surface area contributed by atoms with E-state index in [1.54, 1.807) is 35.9 Å². The van der Waals surface area contributed by atoms with Crippen LogP contribution in [0.2, 0.25) is 0 Å². The second-order valence-electron chi connectivity index (χ2n) is 4.33. The molecule has 0 radical (unpaired) electrons. The van der Waals surface area contributed by atoms with Crippen molar-refractivity contribution in [2.24, 2.45) is 0 Å². The standard InChI is InChI=1S/C14H10N4O3S/c1-9-16-8-13(22-9)12-6-10(4-5-15-12)21-11-2-3-14(17-7-11)18(19)20/h2-8H,1H3. The summed E-state index contributed by atoms with van der Waals surface area (Å²) >= 11 is 1.54. The van der Waals surface area contributed by atoms with Gasteiger partial charge < -0.3 is 14.9 Å². The molecule has 0 atom stereocenters. The maximum atomic E-state index is 10.6. The molecule has 0 aliphatic heterocycles. The topological polar surface area (TPSA) is 91.0 Å². The second-order valence-corrected chi connectivity index (χ2v) is 5.57. The summed E-state index contributed by atoms with van der Waals surface area (Å²) in [4.78, 5) is 23.2. The van der Waals surface area contributed by atoms with Crippen LogP contribution in [0.1, 0.15) is 5.01 Å². The fourth-order valence-corrected chi connectivity index (χ4v) is 2.51. The van der Waals surface area contributed by atoms with E-state index in [1.807, 2.05) is 6.92 Å². The van der Waals surface area contributed by atoms with Crippen molar-refractivity contribution >= 4 is 17.2 Å². The summed E-state index contributed by atoms with van der Waals surface area (Å²) in [6.45, 7) is 1.93. The molecule has 0 amide bonds. The van der Waals surface area contributed by atoms with Crippen LogP contribution in [0.25, 0.3) is 10.6 Å². The van der Waals surface area contributed by atoms with E-state index in [0.29, 0.717) is 11.5 Å². The van der Waals surface area contributed by atoms with E-state index in [2.05, 4.69) is 15.0 Å². The molecule has 0 saturated carbocycles. The monoisotopic (exact) mass is 314 g/mol. The van der Waals surface area contributed by atoms with Crippen molar-refractivity contribution in [3.63, 3.8) is 0 Å². The largest absolute Gasteiger partial charge is 0.453 e. The van der Waals surface area contributed by atoms with E-state index < -0.39 is 4.92 Å². The van der Waals surface area contributed by atoms with Crippen molar-refractivity contribution in [2.75, 3.05) is 0 Å². The predicted molar refractivity (Wildman–Crippen MR) is 81.0 cm³/mol. The molecule has 0 unspecified atom stereocenters. The lowest BCUT2D eigenvalue weighted by molar-refractivity contribution is -0.389. The molecule has 8 heteroatoms. The normalized spacial score (nSPS) is 10.4. The smallest absolute Gasteiger partial charge is 0.363 e. The third-order valence-corrected chi connectivity index (χ3v) is 3.68. The van der Waals surface area contributed by atoms with E-state index in [4.69, 9.17) is 4.74 Å². The molecule has 0 aliphatic carbocycles. The Hall–Kier alpha value is -2.87. The minimum absolute atomic E-state index is 0.220. The number of pyridine rings is 2. The number of ether oxygens (including phenoxy) is 1. The molecule has 3 aromatic heterocycles. The quantitative estimate of drug-likeness (QED) is 0.539. The van der Waals surface area contributed by atoms with Gasteiger partial charge in [-0.2, -0.15) is 0 Å². The summed E-state index contributed by atoms with van der Waals surface area (Å²) in [5, 5.41) is 11.5. The molecule has 7 nitrogen and oxygen atoms in total. The van der Waals surface area contributed by atoms with Gasteiger partial charge in [0.2, 0.25) is 0 Å². The van der Waals surface area contributed by atoms with E-state index >= 15 is 0 Å². The number of aromatic nitrogens is 3. The van der Waals surface area contributed by atoms with Crippen LogP contribution in [-0.4, -0.2) is 19.9 Å². The summed E-state index contributed by atoms with van der Waals surface area (Å²) in [5.41, 5.74) is 0.762. The first kappa shape index (κ1) is 14.1. The highest BCUT2D eigenvalue weighted by Gasteiger charge is 2.09. The zero-order valence-electron chi connectivity index (χ0n) is 11.5. The average Bonchev–Trinajstić information content (AvgIpc) is 2.95. The molecule has 3 aromatic rings. The summed E-state index contributed by atoms with van der Waals surface area (Å²) in [6.07, 6.45) is 4.72. The molecular weight excluding hydrogens is 304 g/mol. The van der Waals surface area contributed by atoms with Gasteiger partial charge in [-0.05, 0) is 29.0 Å². The number of rotatable bonds is 4. The predicted octanol–water partition coefficient (Wildman–Crippen LogP) is 3.61. The van der Waals surface area contributed by atoms with Crippen LogP contribution in [-0.2, 0) is 0 Å².